The quantitative estimate of drug-likeness (QED) is 0.409. The minimum absolute atomic E-state index is 0.226. The van der Waals surface area contributed by atoms with Crippen LogP contribution in [0, 0.1) is 5.82 Å². The maximum absolute atomic E-state index is 13.3. The molecule has 0 saturated carbocycles. The summed E-state index contributed by atoms with van der Waals surface area (Å²) in [6.07, 6.45) is 5.39. The Morgan fingerprint density at radius 2 is 2.12 bits per heavy atom. The van der Waals surface area contributed by atoms with Crippen molar-refractivity contribution in [3.63, 3.8) is 0 Å². The summed E-state index contributed by atoms with van der Waals surface area (Å²) < 4.78 is 20.9. The van der Waals surface area contributed by atoms with Crippen LogP contribution in [0.2, 0.25) is 0 Å². The van der Waals surface area contributed by atoms with Crippen LogP contribution in [-0.4, -0.2) is 44.0 Å². The Hall–Kier alpha value is -4.01. The summed E-state index contributed by atoms with van der Waals surface area (Å²) in [6.45, 7) is 1.44. The molecule has 0 bridgehead atoms. The lowest BCUT2D eigenvalue weighted by atomic mass is 10.1. The zero-order valence-electron chi connectivity index (χ0n) is 18.4. The van der Waals surface area contributed by atoms with Gasteiger partial charge in [-0.1, -0.05) is 6.07 Å². The van der Waals surface area contributed by atoms with Gasteiger partial charge < -0.3 is 15.2 Å². The van der Waals surface area contributed by atoms with E-state index in [2.05, 4.69) is 27.5 Å². The van der Waals surface area contributed by atoms with Gasteiger partial charge in [-0.25, -0.2) is 9.37 Å². The molecule has 0 amide bonds. The zero-order valence-corrected chi connectivity index (χ0v) is 18.4. The van der Waals surface area contributed by atoms with Gasteiger partial charge in [-0.2, -0.15) is 5.10 Å². The first-order chi connectivity index (χ1) is 16.6. The molecule has 1 unspecified atom stereocenters. The number of nitrogens with one attached hydrogen (secondary N) is 1. The molecule has 4 heterocycles. The second-order valence-electron chi connectivity index (χ2n) is 8.26. The smallest absolute Gasteiger partial charge is 0.305 e. The molecule has 4 aromatic rings. The Morgan fingerprint density at radius 3 is 2.94 bits per heavy atom. The Labute approximate surface area is 195 Å². The van der Waals surface area contributed by atoms with E-state index in [0.29, 0.717) is 24.5 Å². The Balaban J connectivity index is 1.30. The van der Waals surface area contributed by atoms with Crippen molar-refractivity contribution < 1.29 is 19.0 Å². The van der Waals surface area contributed by atoms with Crippen LogP contribution in [0.1, 0.15) is 35.8 Å². The summed E-state index contributed by atoms with van der Waals surface area (Å²) in [5.74, 6) is 0.194. The van der Waals surface area contributed by atoms with E-state index in [1.807, 2.05) is 18.2 Å². The Morgan fingerprint density at radius 1 is 1.21 bits per heavy atom. The van der Waals surface area contributed by atoms with Gasteiger partial charge in [0.1, 0.15) is 23.4 Å². The molecule has 0 spiro atoms. The van der Waals surface area contributed by atoms with Crippen molar-refractivity contribution in [1.29, 1.82) is 0 Å². The van der Waals surface area contributed by atoms with Crippen LogP contribution in [-0.2, 0) is 17.6 Å². The van der Waals surface area contributed by atoms with Gasteiger partial charge >= 0.3 is 5.97 Å². The molecule has 0 radical (unpaired) electrons. The van der Waals surface area contributed by atoms with Gasteiger partial charge in [0.15, 0.2) is 0 Å². The number of aliphatic carboxylic acids is 1. The molecule has 0 fully saturated rings. The first-order valence-electron chi connectivity index (χ1n) is 11.2. The Kier molecular flexibility index (Phi) is 6.07. The van der Waals surface area contributed by atoms with Crippen LogP contribution in [0.15, 0.2) is 54.9 Å². The molecular formula is C25H24FN5O3. The molecule has 1 aliphatic rings. The maximum atomic E-state index is 13.3. The topological polar surface area (TPSA) is 102 Å². The molecule has 1 aliphatic heterocycles. The number of rotatable bonds is 8. The lowest BCUT2D eigenvalue weighted by molar-refractivity contribution is -0.137. The van der Waals surface area contributed by atoms with E-state index in [-0.39, 0.29) is 6.42 Å². The minimum Gasteiger partial charge on any atom is -0.493 e. The van der Waals surface area contributed by atoms with Crippen LogP contribution >= 0.6 is 0 Å². The van der Waals surface area contributed by atoms with E-state index in [0.717, 1.165) is 48.0 Å². The highest BCUT2D eigenvalue weighted by molar-refractivity contribution is 5.80. The summed E-state index contributed by atoms with van der Waals surface area (Å²) in [6, 6.07) is 11.8. The van der Waals surface area contributed by atoms with E-state index in [1.54, 1.807) is 10.9 Å². The molecular weight excluding hydrogens is 437 g/mol. The first kappa shape index (κ1) is 21.8. The summed E-state index contributed by atoms with van der Waals surface area (Å²) in [5.41, 5.74) is 3.41. The van der Waals surface area contributed by atoms with E-state index < -0.39 is 17.8 Å². The summed E-state index contributed by atoms with van der Waals surface area (Å²) in [4.78, 5) is 20.2. The number of carbonyl (C=O) groups is 1. The number of aryl methyl sites for hydroxylation is 1. The molecule has 0 aliphatic carbocycles. The molecule has 8 nitrogen and oxygen atoms in total. The number of aromatic nitrogens is 4. The third kappa shape index (κ3) is 4.68. The highest BCUT2D eigenvalue weighted by Gasteiger charge is 2.22. The highest BCUT2D eigenvalue weighted by Crippen LogP contribution is 2.28. The van der Waals surface area contributed by atoms with Gasteiger partial charge in [0.25, 0.3) is 0 Å². The average molecular weight is 461 g/mol. The lowest BCUT2D eigenvalue weighted by Crippen LogP contribution is -2.17. The molecule has 34 heavy (non-hydrogen) atoms. The maximum Gasteiger partial charge on any atom is 0.305 e. The average Bonchev–Trinajstić information content (AvgIpc) is 3.26. The SMILES string of the molecule is O=C(O)CC(c1ccc(F)cn1)n1ncc2cc(OCCc3ccc4c(n3)NCCC4)ccc21. The van der Waals surface area contributed by atoms with Gasteiger partial charge in [-0.05, 0) is 54.8 Å². The van der Waals surface area contributed by atoms with Crippen molar-refractivity contribution >= 4 is 22.7 Å². The van der Waals surface area contributed by atoms with Crippen molar-refractivity contribution in [2.45, 2.75) is 31.7 Å². The van der Waals surface area contributed by atoms with Crippen molar-refractivity contribution in [3.8, 4) is 5.75 Å². The molecule has 1 aromatic carbocycles. The van der Waals surface area contributed by atoms with Gasteiger partial charge in [0, 0.05) is 24.0 Å². The number of nitrogens with zero attached hydrogens (tertiary/aromatic N) is 4. The van der Waals surface area contributed by atoms with Crippen molar-refractivity contribution in [1.82, 2.24) is 19.7 Å². The van der Waals surface area contributed by atoms with Crippen LogP contribution in [0.25, 0.3) is 10.9 Å². The van der Waals surface area contributed by atoms with E-state index in [4.69, 9.17) is 9.72 Å². The normalized spacial score (nSPS) is 13.8. The molecule has 9 heteroatoms. The fraction of sp³-hybridized carbons (Fsp3) is 0.280. The van der Waals surface area contributed by atoms with Crippen molar-refractivity contribution in [2.24, 2.45) is 0 Å². The predicted octanol–water partition coefficient (Wildman–Crippen LogP) is 4.01. The summed E-state index contributed by atoms with van der Waals surface area (Å²) in [7, 11) is 0. The number of halogens is 1. The number of carboxylic acids is 1. The van der Waals surface area contributed by atoms with Crippen molar-refractivity contribution in [2.75, 3.05) is 18.5 Å². The number of anilines is 1. The second kappa shape index (κ2) is 9.46. The van der Waals surface area contributed by atoms with Gasteiger partial charge in [-0.3, -0.25) is 14.5 Å². The van der Waals surface area contributed by atoms with E-state index in [1.165, 1.54) is 17.7 Å². The zero-order chi connectivity index (χ0) is 23.5. The largest absolute Gasteiger partial charge is 0.493 e. The number of carboxylic acid groups (broad SMARTS) is 1. The highest BCUT2D eigenvalue weighted by atomic mass is 19.1. The number of hydrogen-bond donors (Lipinski definition) is 2. The van der Waals surface area contributed by atoms with Gasteiger partial charge in [0.2, 0.25) is 0 Å². The fourth-order valence-electron chi connectivity index (χ4n) is 4.22. The van der Waals surface area contributed by atoms with Crippen LogP contribution in [0.4, 0.5) is 10.2 Å². The standard InChI is InChI=1S/C25H24FN5O3/c26-18-4-7-21(28-15-18)23(13-24(32)33)31-22-8-6-20(12-17(22)14-29-31)34-11-9-19-5-3-16-2-1-10-27-25(16)30-19/h3-8,12,14-15,23H,1-2,9-11,13H2,(H,27,30)(H,32,33). The Bertz CT molecular complexity index is 1320. The molecule has 3 aromatic heterocycles. The third-order valence-electron chi connectivity index (χ3n) is 5.90. The number of fused-ring (bicyclic) bond motifs is 2. The fourth-order valence-corrected chi connectivity index (χ4v) is 4.22. The summed E-state index contributed by atoms with van der Waals surface area (Å²) >= 11 is 0. The molecule has 2 N–H and O–H groups in total. The van der Waals surface area contributed by atoms with Gasteiger partial charge in [-0.15, -0.1) is 0 Å². The monoisotopic (exact) mass is 461 g/mol. The first-order valence-corrected chi connectivity index (χ1v) is 11.2. The van der Waals surface area contributed by atoms with Crippen LogP contribution in [0.3, 0.4) is 0 Å². The third-order valence-corrected chi connectivity index (χ3v) is 5.90. The van der Waals surface area contributed by atoms with E-state index >= 15 is 0 Å². The second-order valence-corrected chi connectivity index (χ2v) is 8.26. The van der Waals surface area contributed by atoms with Gasteiger partial charge in [0.05, 0.1) is 36.6 Å². The summed E-state index contributed by atoms with van der Waals surface area (Å²) in [5, 5.41) is 18.0. The molecule has 5 rings (SSSR count). The lowest BCUT2D eigenvalue weighted by Gasteiger charge is -2.17. The van der Waals surface area contributed by atoms with E-state index in [9.17, 15) is 14.3 Å². The number of pyridine rings is 2. The number of hydrogen-bond acceptors (Lipinski definition) is 6. The van der Waals surface area contributed by atoms with Crippen LogP contribution < -0.4 is 10.1 Å². The van der Waals surface area contributed by atoms with Crippen LogP contribution in [0.5, 0.6) is 5.75 Å². The number of benzene rings is 1. The number of ether oxygens (including phenoxy) is 1. The predicted molar refractivity (Wildman–Crippen MR) is 125 cm³/mol. The molecule has 1 atom stereocenters. The van der Waals surface area contributed by atoms with Crippen molar-refractivity contribution in [3.05, 3.63) is 77.6 Å². The minimum atomic E-state index is -0.995. The molecule has 174 valence electrons. The molecule has 0 saturated heterocycles.